The molecule has 2 heteroatoms. The van der Waals surface area contributed by atoms with E-state index in [0.717, 1.165) is 12.1 Å². The molecule has 0 aliphatic carbocycles. The Labute approximate surface area is 102 Å². The van der Waals surface area contributed by atoms with Gasteiger partial charge in [-0.3, -0.25) is 0 Å². The van der Waals surface area contributed by atoms with Gasteiger partial charge in [-0.1, -0.05) is 26.0 Å². The van der Waals surface area contributed by atoms with E-state index in [4.69, 9.17) is 4.42 Å². The number of nitrogens with one attached hydrogen (secondary N) is 1. The van der Waals surface area contributed by atoms with Gasteiger partial charge in [0.05, 0.1) is 6.26 Å². The van der Waals surface area contributed by atoms with E-state index in [9.17, 15) is 0 Å². The highest BCUT2D eigenvalue weighted by Gasteiger charge is 2.38. The second-order valence-electron chi connectivity index (χ2n) is 5.60. The molecule has 1 aliphatic rings. The van der Waals surface area contributed by atoms with Crippen molar-refractivity contribution < 1.29 is 4.42 Å². The predicted octanol–water partition coefficient (Wildman–Crippen LogP) is 3.72. The van der Waals surface area contributed by atoms with Gasteiger partial charge >= 0.3 is 0 Å². The van der Waals surface area contributed by atoms with Gasteiger partial charge in [0.1, 0.15) is 5.58 Å². The Hall–Kier alpha value is -1.28. The first kappa shape index (κ1) is 10.8. The van der Waals surface area contributed by atoms with Gasteiger partial charge in [-0.15, -0.1) is 0 Å². The van der Waals surface area contributed by atoms with Crippen LogP contribution in [0, 0.1) is 12.8 Å². The molecule has 1 aromatic heterocycles. The van der Waals surface area contributed by atoms with E-state index in [-0.39, 0.29) is 5.54 Å². The average Bonchev–Trinajstić information content (AvgIpc) is 2.82. The molecule has 1 unspecified atom stereocenters. The van der Waals surface area contributed by atoms with E-state index in [2.05, 4.69) is 45.1 Å². The van der Waals surface area contributed by atoms with E-state index in [1.54, 1.807) is 0 Å². The molecule has 2 heterocycles. The third kappa shape index (κ3) is 1.31. The van der Waals surface area contributed by atoms with Crippen LogP contribution in [0.5, 0.6) is 0 Å². The highest BCUT2D eigenvalue weighted by Crippen LogP contribution is 2.40. The zero-order valence-corrected chi connectivity index (χ0v) is 10.9. The fraction of sp³-hybridized carbons (Fsp3) is 0.467. The van der Waals surface area contributed by atoms with Crippen LogP contribution in [0.4, 0.5) is 0 Å². The van der Waals surface area contributed by atoms with E-state index >= 15 is 0 Å². The molecule has 0 spiro atoms. The van der Waals surface area contributed by atoms with Gasteiger partial charge in [0.25, 0.3) is 0 Å². The molecule has 1 atom stereocenters. The molecular weight excluding hydrogens is 210 g/mol. The number of hydrogen-bond donors (Lipinski definition) is 1. The molecule has 0 fully saturated rings. The monoisotopic (exact) mass is 229 g/mol. The van der Waals surface area contributed by atoms with Crippen molar-refractivity contribution >= 4 is 11.0 Å². The van der Waals surface area contributed by atoms with Gasteiger partial charge in [0.15, 0.2) is 0 Å². The Morgan fingerprint density at radius 1 is 1.35 bits per heavy atom. The topological polar surface area (TPSA) is 25.2 Å². The van der Waals surface area contributed by atoms with Gasteiger partial charge < -0.3 is 9.73 Å². The molecule has 2 nitrogen and oxygen atoms in total. The Balaban J connectivity index is 2.28. The first-order chi connectivity index (χ1) is 8.04. The normalized spacial score (nSPS) is 23.6. The first-order valence-corrected chi connectivity index (χ1v) is 6.29. The van der Waals surface area contributed by atoms with Crippen molar-refractivity contribution in [2.24, 2.45) is 5.92 Å². The molecule has 0 saturated heterocycles. The van der Waals surface area contributed by atoms with Crippen molar-refractivity contribution in [3.05, 3.63) is 35.1 Å². The molecule has 1 N–H and O–H groups in total. The van der Waals surface area contributed by atoms with Crippen LogP contribution < -0.4 is 5.32 Å². The van der Waals surface area contributed by atoms with Crippen LogP contribution >= 0.6 is 0 Å². The molecular formula is C15H19NO. The molecule has 0 amide bonds. The zero-order valence-electron chi connectivity index (χ0n) is 10.9. The minimum absolute atomic E-state index is 0.0736. The van der Waals surface area contributed by atoms with Crippen molar-refractivity contribution in [1.29, 1.82) is 0 Å². The summed E-state index contributed by atoms with van der Waals surface area (Å²) >= 11 is 0. The minimum Gasteiger partial charge on any atom is -0.464 e. The van der Waals surface area contributed by atoms with Gasteiger partial charge in [-0.2, -0.15) is 0 Å². The highest BCUT2D eigenvalue weighted by atomic mass is 16.3. The molecule has 0 bridgehead atoms. The molecule has 1 aromatic carbocycles. The second-order valence-corrected chi connectivity index (χ2v) is 5.60. The summed E-state index contributed by atoms with van der Waals surface area (Å²) in [6.07, 6.45) is 1.86. The molecule has 3 rings (SSSR count). The quantitative estimate of drug-likeness (QED) is 0.806. The maximum absolute atomic E-state index is 5.72. The number of fused-ring (bicyclic) bond motifs is 3. The zero-order chi connectivity index (χ0) is 12.2. The minimum atomic E-state index is 0.0736. The van der Waals surface area contributed by atoms with Gasteiger partial charge in [0.2, 0.25) is 0 Å². The summed E-state index contributed by atoms with van der Waals surface area (Å²) in [5.41, 5.74) is 5.10. The van der Waals surface area contributed by atoms with Gasteiger partial charge in [-0.25, -0.2) is 0 Å². The molecule has 0 saturated carbocycles. The van der Waals surface area contributed by atoms with Crippen LogP contribution in [0.15, 0.2) is 22.8 Å². The number of aryl methyl sites for hydroxylation is 1. The van der Waals surface area contributed by atoms with Gasteiger partial charge in [0, 0.05) is 23.0 Å². The summed E-state index contributed by atoms with van der Waals surface area (Å²) in [5, 5.41) is 4.89. The summed E-state index contributed by atoms with van der Waals surface area (Å²) in [4.78, 5) is 0. The smallest absolute Gasteiger partial charge is 0.138 e. The Morgan fingerprint density at radius 3 is 2.82 bits per heavy atom. The molecule has 90 valence electrons. The van der Waals surface area contributed by atoms with Crippen molar-refractivity contribution in [2.75, 3.05) is 0 Å². The second kappa shape index (κ2) is 3.36. The third-order valence-corrected chi connectivity index (χ3v) is 4.39. The fourth-order valence-electron chi connectivity index (χ4n) is 2.83. The first-order valence-electron chi connectivity index (χ1n) is 6.29. The van der Waals surface area contributed by atoms with Crippen molar-refractivity contribution in [3.63, 3.8) is 0 Å². The number of hydrogen-bond acceptors (Lipinski definition) is 2. The lowest BCUT2D eigenvalue weighted by Gasteiger charge is -2.30. The number of rotatable bonds is 1. The van der Waals surface area contributed by atoms with E-state index < -0.39 is 0 Å². The van der Waals surface area contributed by atoms with Crippen LogP contribution in [-0.4, -0.2) is 0 Å². The van der Waals surface area contributed by atoms with Crippen LogP contribution in [0.1, 0.15) is 37.5 Å². The maximum Gasteiger partial charge on any atom is 0.138 e. The SMILES string of the molecule is Cc1coc2c3c(ccc12)C(C)(C(C)C)NC3. The number of benzene rings is 1. The Bertz CT molecular complexity index is 582. The van der Waals surface area contributed by atoms with Crippen LogP contribution in [-0.2, 0) is 12.1 Å². The Kier molecular flexibility index (Phi) is 2.14. The molecule has 17 heavy (non-hydrogen) atoms. The largest absolute Gasteiger partial charge is 0.464 e. The third-order valence-electron chi connectivity index (χ3n) is 4.39. The fourth-order valence-corrected chi connectivity index (χ4v) is 2.83. The van der Waals surface area contributed by atoms with Crippen LogP contribution in [0.2, 0.25) is 0 Å². The summed E-state index contributed by atoms with van der Waals surface area (Å²) in [6, 6.07) is 4.46. The lowest BCUT2D eigenvalue weighted by atomic mass is 9.82. The maximum atomic E-state index is 5.72. The molecule has 1 aliphatic heterocycles. The van der Waals surface area contributed by atoms with Gasteiger partial charge in [-0.05, 0) is 30.9 Å². The Morgan fingerprint density at radius 2 is 2.12 bits per heavy atom. The highest BCUT2D eigenvalue weighted by molar-refractivity contribution is 5.85. The predicted molar refractivity (Wildman–Crippen MR) is 70.0 cm³/mol. The van der Waals surface area contributed by atoms with Crippen molar-refractivity contribution in [2.45, 2.75) is 39.8 Å². The number of furan rings is 1. The van der Waals surface area contributed by atoms with Crippen LogP contribution in [0.3, 0.4) is 0 Å². The van der Waals surface area contributed by atoms with E-state index in [0.29, 0.717) is 5.92 Å². The van der Waals surface area contributed by atoms with E-state index in [1.165, 1.54) is 22.1 Å². The van der Waals surface area contributed by atoms with E-state index in [1.807, 2.05) is 6.26 Å². The standard InChI is InChI=1S/C15H19NO/c1-9(2)15(4)13-6-5-11-10(3)8-17-14(11)12(13)7-16-15/h5-6,8-9,16H,7H2,1-4H3. The molecule has 0 radical (unpaired) electrons. The molecule has 2 aromatic rings. The summed E-state index contributed by atoms with van der Waals surface area (Å²) in [6.45, 7) is 9.82. The lowest BCUT2D eigenvalue weighted by molar-refractivity contribution is 0.288. The summed E-state index contributed by atoms with van der Waals surface area (Å²) in [5.74, 6) is 0.567. The summed E-state index contributed by atoms with van der Waals surface area (Å²) < 4.78 is 5.72. The van der Waals surface area contributed by atoms with Crippen molar-refractivity contribution in [3.8, 4) is 0 Å². The lowest BCUT2D eigenvalue weighted by Crippen LogP contribution is -2.38. The summed E-state index contributed by atoms with van der Waals surface area (Å²) in [7, 11) is 0. The van der Waals surface area contributed by atoms with Crippen LogP contribution in [0.25, 0.3) is 11.0 Å². The van der Waals surface area contributed by atoms with Crippen molar-refractivity contribution in [1.82, 2.24) is 5.32 Å². The average molecular weight is 229 g/mol.